The van der Waals surface area contributed by atoms with Crippen molar-refractivity contribution in [3.05, 3.63) is 35.9 Å². The molecule has 1 aromatic carbocycles. The molecule has 3 nitrogen and oxygen atoms in total. The number of hydrogen-bond donors (Lipinski definition) is 0. The van der Waals surface area contributed by atoms with E-state index in [-0.39, 0.29) is 5.97 Å². The zero-order valence-corrected chi connectivity index (χ0v) is 9.69. The lowest BCUT2D eigenvalue weighted by molar-refractivity contribution is -0.139. The van der Waals surface area contributed by atoms with E-state index in [1.165, 1.54) is 7.11 Å². The number of hydrogen-bond acceptors (Lipinski definition) is 3. The Morgan fingerprint density at radius 2 is 2.07 bits per heavy atom. The van der Waals surface area contributed by atoms with Gasteiger partial charge in [0.15, 0.2) is 0 Å². The summed E-state index contributed by atoms with van der Waals surface area (Å²) in [6.45, 7) is 0. The van der Waals surface area contributed by atoms with Crippen LogP contribution in [0, 0.1) is 0 Å². The van der Waals surface area contributed by atoms with E-state index in [1.807, 2.05) is 52.9 Å². The van der Waals surface area contributed by atoms with Crippen LogP contribution in [0.3, 0.4) is 0 Å². The van der Waals surface area contributed by atoms with Crippen molar-refractivity contribution in [2.24, 2.45) is 4.99 Å². The largest absolute Gasteiger partial charge is 0.466 e. The molecule has 0 bridgehead atoms. The molecule has 0 aliphatic carbocycles. The summed E-state index contributed by atoms with van der Waals surface area (Å²) in [7, 11) is 1.37. The molecule has 0 radical (unpaired) electrons. The molecule has 0 saturated carbocycles. The van der Waals surface area contributed by atoms with E-state index in [9.17, 15) is 4.79 Å². The molecule has 1 atom stereocenters. The molecule has 1 aromatic rings. The highest BCUT2D eigenvalue weighted by Crippen LogP contribution is 2.40. The fraction of sp³-hybridized carbons (Fsp3) is 0.200. The van der Waals surface area contributed by atoms with Gasteiger partial charge in [-0.15, -0.1) is 0 Å². The first-order valence-electron chi connectivity index (χ1n) is 4.11. The fourth-order valence-electron chi connectivity index (χ4n) is 1.26. The SMILES string of the molecule is COC(=O)C1(I)N=C1c1ccccc1. The number of nitrogens with zero attached hydrogens (tertiary/aromatic N) is 1. The number of ether oxygens (including phenoxy) is 1. The van der Waals surface area contributed by atoms with Gasteiger partial charge in [0, 0.05) is 0 Å². The highest BCUT2D eigenvalue weighted by Gasteiger charge is 2.53. The Hall–Kier alpha value is -0.910. The van der Waals surface area contributed by atoms with Crippen molar-refractivity contribution in [2.45, 2.75) is 3.55 Å². The lowest BCUT2D eigenvalue weighted by Crippen LogP contribution is -2.24. The third kappa shape index (κ3) is 1.43. The average molecular weight is 301 g/mol. The first-order valence-corrected chi connectivity index (χ1v) is 5.19. The molecule has 1 aliphatic rings. The zero-order chi connectivity index (χ0) is 10.2. The number of rotatable bonds is 2. The number of alkyl halides is 1. The number of benzene rings is 1. The van der Waals surface area contributed by atoms with Crippen LogP contribution >= 0.6 is 22.6 Å². The molecule has 2 rings (SSSR count). The van der Waals surface area contributed by atoms with Crippen LogP contribution in [-0.4, -0.2) is 22.3 Å². The van der Waals surface area contributed by atoms with Crippen molar-refractivity contribution in [2.75, 3.05) is 7.11 Å². The van der Waals surface area contributed by atoms with Gasteiger partial charge in [-0.1, -0.05) is 30.3 Å². The Morgan fingerprint density at radius 1 is 1.43 bits per heavy atom. The first-order chi connectivity index (χ1) is 6.68. The topological polar surface area (TPSA) is 38.7 Å². The monoisotopic (exact) mass is 301 g/mol. The first kappa shape index (κ1) is 9.64. The molecule has 4 heteroatoms. The lowest BCUT2D eigenvalue weighted by atomic mass is 10.1. The summed E-state index contributed by atoms with van der Waals surface area (Å²) >= 11 is 2.00. The van der Waals surface area contributed by atoms with E-state index in [4.69, 9.17) is 0 Å². The second-order valence-electron chi connectivity index (χ2n) is 2.94. The van der Waals surface area contributed by atoms with Crippen molar-refractivity contribution in [1.29, 1.82) is 0 Å². The van der Waals surface area contributed by atoms with Gasteiger partial charge >= 0.3 is 5.97 Å². The van der Waals surface area contributed by atoms with Crippen molar-refractivity contribution < 1.29 is 9.53 Å². The van der Waals surface area contributed by atoms with Crippen LogP contribution in [0.15, 0.2) is 35.3 Å². The molecule has 0 saturated heterocycles. The average Bonchev–Trinajstić information content (AvgIpc) is 2.92. The Bertz CT molecular complexity index is 402. The smallest absolute Gasteiger partial charge is 0.350 e. The molecular formula is C10H8INO2. The molecule has 1 heterocycles. The molecule has 1 unspecified atom stereocenters. The molecule has 0 N–H and O–H groups in total. The third-order valence-corrected chi connectivity index (χ3v) is 3.23. The summed E-state index contributed by atoms with van der Waals surface area (Å²) < 4.78 is 3.90. The van der Waals surface area contributed by atoms with Crippen LogP contribution in [0.2, 0.25) is 0 Å². The molecule has 0 spiro atoms. The number of aliphatic imine (C=N–C) groups is 1. The van der Waals surface area contributed by atoms with Crippen LogP contribution in [-0.2, 0) is 9.53 Å². The molecule has 72 valence electrons. The summed E-state index contributed by atoms with van der Waals surface area (Å²) in [4.78, 5) is 15.5. The van der Waals surface area contributed by atoms with Gasteiger partial charge < -0.3 is 4.74 Å². The van der Waals surface area contributed by atoms with Crippen LogP contribution in [0.4, 0.5) is 0 Å². The van der Waals surface area contributed by atoms with E-state index in [1.54, 1.807) is 0 Å². The van der Waals surface area contributed by atoms with Crippen molar-refractivity contribution >= 4 is 34.3 Å². The van der Waals surface area contributed by atoms with Gasteiger partial charge in [-0.25, -0.2) is 9.79 Å². The van der Waals surface area contributed by atoms with Crippen LogP contribution in [0.1, 0.15) is 5.56 Å². The molecule has 14 heavy (non-hydrogen) atoms. The Morgan fingerprint density at radius 3 is 2.64 bits per heavy atom. The predicted octanol–water partition coefficient (Wildman–Crippen LogP) is 1.79. The van der Waals surface area contributed by atoms with E-state index in [0.29, 0.717) is 0 Å². The summed E-state index contributed by atoms with van der Waals surface area (Å²) in [6.07, 6.45) is 0. The number of carbonyl (C=O) groups excluding carboxylic acids is 1. The van der Waals surface area contributed by atoms with E-state index in [2.05, 4.69) is 9.73 Å². The maximum absolute atomic E-state index is 11.3. The van der Waals surface area contributed by atoms with Crippen LogP contribution in [0.5, 0.6) is 0 Å². The molecular weight excluding hydrogens is 293 g/mol. The Kier molecular flexibility index (Phi) is 2.30. The van der Waals surface area contributed by atoms with Gasteiger partial charge in [0.05, 0.1) is 12.8 Å². The van der Waals surface area contributed by atoms with E-state index < -0.39 is 3.55 Å². The minimum absolute atomic E-state index is 0.308. The second-order valence-corrected chi connectivity index (χ2v) is 4.50. The highest BCUT2D eigenvalue weighted by molar-refractivity contribution is 14.1. The van der Waals surface area contributed by atoms with E-state index >= 15 is 0 Å². The zero-order valence-electron chi connectivity index (χ0n) is 7.53. The number of carbonyl (C=O) groups is 1. The maximum atomic E-state index is 11.3. The van der Waals surface area contributed by atoms with Crippen molar-refractivity contribution in [3.8, 4) is 0 Å². The third-order valence-electron chi connectivity index (χ3n) is 2.03. The van der Waals surface area contributed by atoms with Crippen LogP contribution < -0.4 is 0 Å². The van der Waals surface area contributed by atoms with Gasteiger partial charge in [-0.3, -0.25) is 0 Å². The van der Waals surface area contributed by atoms with Crippen molar-refractivity contribution in [1.82, 2.24) is 0 Å². The molecule has 0 aromatic heterocycles. The normalized spacial score (nSPS) is 24.0. The van der Waals surface area contributed by atoms with Crippen LogP contribution in [0.25, 0.3) is 0 Å². The van der Waals surface area contributed by atoms with Gasteiger partial charge in [-0.05, 0) is 28.2 Å². The van der Waals surface area contributed by atoms with Gasteiger partial charge in [-0.2, -0.15) is 0 Å². The lowest BCUT2D eigenvalue weighted by Gasteiger charge is -2.03. The maximum Gasteiger partial charge on any atom is 0.350 e. The minimum atomic E-state index is -0.770. The number of esters is 1. The summed E-state index contributed by atoms with van der Waals surface area (Å²) in [5, 5.41) is 0. The highest BCUT2D eigenvalue weighted by atomic mass is 127. The predicted molar refractivity (Wildman–Crippen MR) is 61.7 cm³/mol. The van der Waals surface area contributed by atoms with Gasteiger partial charge in [0.2, 0.25) is 3.55 Å². The standard InChI is InChI=1S/C10H8INO2/c1-14-9(13)10(11)8(12-10)7-5-3-2-4-6-7/h2-6H,1H3. The summed E-state index contributed by atoms with van der Waals surface area (Å²) in [6, 6.07) is 9.64. The Labute approximate surface area is 95.3 Å². The van der Waals surface area contributed by atoms with Gasteiger partial charge in [0.1, 0.15) is 0 Å². The number of methoxy groups -OCH3 is 1. The Balaban J connectivity index is 2.20. The minimum Gasteiger partial charge on any atom is -0.466 e. The fourth-order valence-corrected chi connectivity index (χ4v) is 2.03. The molecule has 0 amide bonds. The van der Waals surface area contributed by atoms with Crippen molar-refractivity contribution in [3.63, 3.8) is 0 Å². The molecule has 0 fully saturated rings. The summed E-state index contributed by atoms with van der Waals surface area (Å²) in [5.74, 6) is -0.308. The second kappa shape index (κ2) is 3.34. The summed E-state index contributed by atoms with van der Waals surface area (Å²) in [5.41, 5.74) is 1.78. The van der Waals surface area contributed by atoms with Gasteiger partial charge in [0.25, 0.3) is 0 Å². The number of halogens is 1. The van der Waals surface area contributed by atoms with E-state index in [0.717, 1.165) is 11.3 Å². The quantitative estimate of drug-likeness (QED) is 0.361. The molecule has 1 aliphatic heterocycles.